The summed E-state index contributed by atoms with van der Waals surface area (Å²) in [5.74, 6) is 1.60. The molecule has 1 aromatic heterocycles. The predicted molar refractivity (Wildman–Crippen MR) is 84.3 cm³/mol. The van der Waals surface area contributed by atoms with Crippen LogP contribution >= 0.6 is 11.6 Å². The van der Waals surface area contributed by atoms with Crippen molar-refractivity contribution >= 4 is 17.3 Å². The molecule has 0 aliphatic carbocycles. The van der Waals surface area contributed by atoms with Crippen LogP contribution in [0, 0.1) is 0 Å². The number of aromatic nitrogens is 3. The van der Waals surface area contributed by atoms with Gasteiger partial charge in [-0.3, -0.25) is 0 Å². The summed E-state index contributed by atoms with van der Waals surface area (Å²) in [4.78, 5) is 0. The summed E-state index contributed by atoms with van der Waals surface area (Å²) in [5.41, 5.74) is 0.841. The van der Waals surface area contributed by atoms with Gasteiger partial charge < -0.3 is 19.4 Å². The van der Waals surface area contributed by atoms with Gasteiger partial charge in [0.1, 0.15) is 18.7 Å². The third-order valence-corrected chi connectivity index (χ3v) is 3.87. The van der Waals surface area contributed by atoms with Gasteiger partial charge in [0, 0.05) is 18.7 Å². The van der Waals surface area contributed by atoms with E-state index in [1.165, 1.54) is 0 Å². The van der Waals surface area contributed by atoms with E-state index in [0.29, 0.717) is 18.2 Å². The van der Waals surface area contributed by atoms with Gasteiger partial charge >= 0.3 is 0 Å². The van der Waals surface area contributed by atoms with E-state index in [0.717, 1.165) is 36.7 Å². The number of hydrogen-bond donors (Lipinski definition) is 1. The molecule has 0 spiro atoms. The summed E-state index contributed by atoms with van der Waals surface area (Å²) < 4.78 is 13.3. The molecule has 22 heavy (non-hydrogen) atoms. The molecule has 2 aromatic rings. The lowest BCUT2D eigenvalue weighted by Gasteiger charge is -2.16. The lowest BCUT2D eigenvalue weighted by molar-refractivity contribution is 0.0682. The lowest BCUT2D eigenvalue weighted by Crippen LogP contribution is -2.17. The van der Waals surface area contributed by atoms with Gasteiger partial charge in [0.25, 0.3) is 0 Å². The molecular weight excluding hydrogens is 304 g/mol. The Bertz CT molecular complexity index is 626. The molecule has 1 saturated heterocycles. The molecule has 1 aromatic carbocycles. The van der Waals surface area contributed by atoms with Crippen LogP contribution < -0.4 is 10.1 Å². The molecule has 7 heteroatoms. The Balaban J connectivity index is 1.65. The van der Waals surface area contributed by atoms with Crippen LogP contribution in [0.2, 0.25) is 5.02 Å². The Morgan fingerprint density at radius 3 is 3.14 bits per heavy atom. The van der Waals surface area contributed by atoms with Gasteiger partial charge in [0.05, 0.1) is 18.3 Å². The SMILES string of the molecule is Cn1cnnc1CNc1cc(Cl)ccc1OC[C@H]1CCCO1. The van der Waals surface area contributed by atoms with Gasteiger partial charge in [0.2, 0.25) is 0 Å². The maximum Gasteiger partial charge on any atom is 0.151 e. The molecule has 1 aliphatic heterocycles. The van der Waals surface area contributed by atoms with Crippen LogP contribution in [0.15, 0.2) is 24.5 Å². The fraction of sp³-hybridized carbons (Fsp3) is 0.467. The van der Waals surface area contributed by atoms with Crippen molar-refractivity contribution in [2.45, 2.75) is 25.5 Å². The number of anilines is 1. The number of nitrogens with zero attached hydrogens (tertiary/aromatic N) is 3. The molecule has 0 saturated carbocycles. The third kappa shape index (κ3) is 3.69. The number of ether oxygens (including phenoxy) is 2. The minimum absolute atomic E-state index is 0.183. The quantitative estimate of drug-likeness (QED) is 0.886. The standard InChI is InChI=1S/C15H19ClN4O2/c1-20-10-18-19-15(20)8-17-13-7-11(16)4-5-14(13)22-9-12-3-2-6-21-12/h4-5,7,10,12,17H,2-3,6,8-9H2,1H3/t12-/m1/s1. The Morgan fingerprint density at radius 2 is 2.41 bits per heavy atom. The summed E-state index contributed by atoms with van der Waals surface area (Å²) >= 11 is 6.08. The van der Waals surface area contributed by atoms with Crippen LogP contribution in [0.3, 0.4) is 0 Å². The zero-order valence-electron chi connectivity index (χ0n) is 12.5. The summed E-state index contributed by atoms with van der Waals surface area (Å²) in [7, 11) is 1.91. The van der Waals surface area contributed by atoms with Gasteiger partial charge in [-0.25, -0.2) is 0 Å². The summed E-state index contributed by atoms with van der Waals surface area (Å²) in [6.45, 7) is 1.93. The van der Waals surface area contributed by atoms with Crippen molar-refractivity contribution in [2.75, 3.05) is 18.5 Å². The lowest BCUT2D eigenvalue weighted by atomic mass is 10.2. The molecule has 1 fully saturated rings. The van der Waals surface area contributed by atoms with Gasteiger partial charge in [-0.05, 0) is 31.0 Å². The van der Waals surface area contributed by atoms with E-state index >= 15 is 0 Å². The number of benzene rings is 1. The topological polar surface area (TPSA) is 61.2 Å². The van der Waals surface area contributed by atoms with Crippen molar-refractivity contribution in [1.29, 1.82) is 0 Å². The maximum absolute atomic E-state index is 6.08. The summed E-state index contributed by atoms with van der Waals surface area (Å²) in [5, 5.41) is 11.9. The monoisotopic (exact) mass is 322 g/mol. The van der Waals surface area contributed by atoms with E-state index in [4.69, 9.17) is 21.1 Å². The highest BCUT2D eigenvalue weighted by Crippen LogP contribution is 2.29. The molecule has 1 atom stereocenters. The van der Waals surface area contributed by atoms with Crippen molar-refractivity contribution in [3.8, 4) is 5.75 Å². The minimum Gasteiger partial charge on any atom is -0.489 e. The number of rotatable bonds is 6. The average molecular weight is 323 g/mol. The smallest absolute Gasteiger partial charge is 0.151 e. The Labute approximate surface area is 134 Å². The largest absolute Gasteiger partial charge is 0.489 e. The van der Waals surface area contributed by atoms with Crippen molar-refractivity contribution in [3.63, 3.8) is 0 Å². The molecule has 0 bridgehead atoms. The molecule has 2 heterocycles. The first kappa shape index (κ1) is 15.1. The molecular formula is C15H19ClN4O2. The molecule has 0 unspecified atom stereocenters. The highest BCUT2D eigenvalue weighted by Gasteiger charge is 2.17. The van der Waals surface area contributed by atoms with E-state index in [-0.39, 0.29) is 6.10 Å². The maximum atomic E-state index is 6.08. The highest BCUT2D eigenvalue weighted by atomic mass is 35.5. The van der Waals surface area contributed by atoms with Crippen LogP contribution in [-0.2, 0) is 18.3 Å². The van der Waals surface area contributed by atoms with Gasteiger partial charge in [-0.1, -0.05) is 11.6 Å². The first-order chi connectivity index (χ1) is 10.7. The number of nitrogens with one attached hydrogen (secondary N) is 1. The Kier molecular flexibility index (Phi) is 4.80. The zero-order valence-corrected chi connectivity index (χ0v) is 13.2. The van der Waals surface area contributed by atoms with Crippen LogP contribution in [-0.4, -0.2) is 34.1 Å². The van der Waals surface area contributed by atoms with Crippen LogP contribution in [0.1, 0.15) is 18.7 Å². The number of aryl methyl sites for hydroxylation is 1. The Hall–Kier alpha value is -1.79. The second-order valence-electron chi connectivity index (χ2n) is 5.30. The fourth-order valence-electron chi connectivity index (χ4n) is 2.37. The Morgan fingerprint density at radius 1 is 1.50 bits per heavy atom. The van der Waals surface area contributed by atoms with E-state index in [1.54, 1.807) is 6.33 Å². The molecule has 1 N–H and O–H groups in total. The molecule has 118 valence electrons. The van der Waals surface area contributed by atoms with Gasteiger partial charge in [-0.15, -0.1) is 10.2 Å². The van der Waals surface area contributed by atoms with Crippen LogP contribution in [0.25, 0.3) is 0 Å². The van der Waals surface area contributed by atoms with Crippen molar-refractivity contribution in [1.82, 2.24) is 14.8 Å². The summed E-state index contributed by atoms with van der Waals surface area (Å²) in [6.07, 6.45) is 4.01. The first-order valence-electron chi connectivity index (χ1n) is 7.33. The van der Waals surface area contributed by atoms with Gasteiger partial charge in [-0.2, -0.15) is 0 Å². The van der Waals surface area contributed by atoms with Crippen molar-refractivity contribution < 1.29 is 9.47 Å². The first-order valence-corrected chi connectivity index (χ1v) is 7.71. The molecule has 3 rings (SSSR count). The molecule has 1 aliphatic rings. The number of hydrogen-bond acceptors (Lipinski definition) is 5. The third-order valence-electron chi connectivity index (χ3n) is 3.63. The fourth-order valence-corrected chi connectivity index (χ4v) is 2.54. The van der Waals surface area contributed by atoms with E-state index < -0.39 is 0 Å². The second kappa shape index (κ2) is 6.98. The van der Waals surface area contributed by atoms with E-state index in [9.17, 15) is 0 Å². The minimum atomic E-state index is 0.183. The van der Waals surface area contributed by atoms with E-state index in [2.05, 4.69) is 15.5 Å². The highest BCUT2D eigenvalue weighted by molar-refractivity contribution is 6.30. The summed E-state index contributed by atoms with van der Waals surface area (Å²) in [6, 6.07) is 5.54. The second-order valence-corrected chi connectivity index (χ2v) is 5.73. The van der Waals surface area contributed by atoms with Crippen LogP contribution in [0.4, 0.5) is 5.69 Å². The van der Waals surface area contributed by atoms with Crippen LogP contribution in [0.5, 0.6) is 5.75 Å². The van der Waals surface area contributed by atoms with Crippen molar-refractivity contribution in [3.05, 3.63) is 35.4 Å². The number of halogens is 1. The predicted octanol–water partition coefficient (Wildman–Crippen LogP) is 2.64. The van der Waals surface area contributed by atoms with Crippen molar-refractivity contribution in [2.24, 2.45) is 7.05 Å². The molecule has 6 nitrogen and oxygen atoms in total. The average Bonchev–Trinajstić information content (AvgIpc) is 3.16. The normalized spacial score (nSPS) is 17.6. The molecule has 0 amide bonds. The zero-order chi connectivity index (χ0) is 15.4. The van der Waals surface area contributed by atoms with E-state index in [1.807, 2.05) is 29.8 Å². The van der Waals surface area contributed by atoms with Gasteiger partial charge in [0.15, 0.2) is 5.82 Å². The molecule has 0 radical (unpaired) electrons.